The second-order valence-electron chi connectivity index (χ2n) is 2.59. The van der Waals surface area contributed by atoms with E-state index < -0.39 is 6.16 Å². The summed E-state index contributed by atoms with van der Waals surface area (Å²) < 4.78 is 14.6. The van der Waals surface area contributed by atoms with Crippen LogP contribution < -0.4 is 9.47 Å². The van der Waals surface area contributed by atoms with Gasteiger partial charge in [0, 0.05) is 5.56 Å². The standard InChI is InChI=1S/C9H8O4/c1-11-7-4-2-3-6-5-12-9(10)13-8(6)7/h2-4H,5H2,1H3. The molecule has 0 fully saturated rings. The number of methoxy groups -OCH3 is 1. The van der Waals surface area contributed by atoms with Gasteiger partial charge in [0.25, 0.3) is 0 Å². The van der Waals surface area contributed by atoms with Crippen LogP contribution in [0.15, 0.2) is 18.2 Å². The maximum Gasteiger partial charge on any atom is 0.514 e. The summed E-state index contributed by atoms with van der Waals surface area (Å²) in [6, 6.07) is 5.38. The maximum absolute atomic E-state index is 10.8. The lowest BCUT2D eigenvalue weighted by atomic mass is 10.2. The summed E-state index contributed by atoms with van der Waals surface area (Å²) in [6.45, 7) is 0.241. The fourth-order valence-corrected chi connectivity index (χ4v) is 1.20. The van der Waals surface area contributed by atoms with Crippen molar-refractivity contribution in [2.45, 2.75) is 6.61 Å². The molecule has 0 atom stereocenters. The summed E-state index contributed by atoms with van der Waals surface area (Å²) in [5, 5.41) is 0. The maximum atomic E-state index is 10.8. The first-order valence-electron chi connectivity index (χ1n) is 3.82. The summed E-state index contributed by atoms with van der Waals surface area (Å²) >= 11 is 0. The minimum atomic E-state index is -0.683. The van der Waals surface area contributed by atoms with E-state index in [4.69, 9.17) is 9.47 Å². The van der Waals surface area contributed by atoms with Crippen molar-refractivity contribution in [3.05, 3.63) is 23.8 Å². The number of carbonyl (C=O) groups excluding carboxylic acids is 1. The highest BCUT2D eigenvalue weighted by molar-refractivity contribution is 5.68. The highest BCUT2D eigenvalue weighted by Crippen LogP contribution is 2.34. The Morgan fingerprint density at radius 1 is 1.46 bits per heavy atom. The van der Waals surface area contributed by atoms with Gasteiger partial charge in [-0.05, 0) is 6.07 Å². The van der Waals surface area contributed by atoms with E-state index in [1.54, 1.807) is 6.07 Å². The summed E-state index contributed by atoms with van der Waals surface area (Å²) in [5.41, 5.74) is 0.818. The van der Waals surface area contributed by atoms with Crippen molar-refractivity contribution >= 4 is 6.16 Å². The van der Waals surface area contributed by atoms with Crippen molar-refractivity contribution in [2.24, 2.45) is 0 Å². The van der Waals surface area contributed by atoms with Crippen LogP contribution in [0.5, 0.6) is 11.5 Å². The van der Waals surface area contributed by atoms with Gasteiger partial charge in [0.15, 0.2) is 11.5 Å². The second-order valence-corrected chi connectivity index (χ2v) is 2.59. The monoisotopic (exact) mass is 180 g/mol. The second kappa shape index (κ2) is 2.97. The third kappa shape index (κ3) is 1.30. The normalized spacial score (nSPS) is 14.1. The van der Waals surface area contributed by atoms with Crippen LogP contribution in [0.4, 0.5) is 4.79 Å². The molecule has 1 aromatic carbocycles. The predicted molar refractivity (Wildman–Crippen MR) is 43.8 cm³/mol. The van der Waals surface area contributed by atoms with Gasteiger partial charge in [0.1, 0.15) is 6.61 Å². The predicted octanol–water partition coefficient (Wildman–Crippen LogP) is 1.72. The minimum absolute atomic E-state index is 0.241. The summed E-state index contributed by atoms with van der Waals surface area (Å²) in [4.78, 5) is 10.8. The van der Waals surface area contributed by atoms with Gasteiger partial charge in [-0.3, -0.25) is 0 Å². The zero-order valence-electron chi connectivity index (χ0n) is 7.07. The third-order valence-corrected chi connectivity index (χ3v) is 1.81. The van der Waals surface area contributed by atoms with Gasteiger partial charge >= 0.3 is 6.16 Å². The summed E-state index contributed by atoms with van der Waals surface area (Å²) in [7, 11) is 1.53. The number of carbonyl (C=O) groups is 1. The molecular weight excluding hydrogens is 172 g/mol. The first-order chi connectivity index (χ1) is 6.31. The Morgan fingerprint density at radius 2 is 2.31 bits per heavy atom. The number of fused-ring (bicyclic) bond motifs is 1. The van der Waals surface area contributed by atoms with Gasteiger partial charge in [0.2, 0.25) is 0 Å². The minimum Gasteiger partial charge on any atom is -0.493 e. The molecule has 0 bridgehead atoms. The lowest BCUT2D eigenvalue weighted by molar-refractivity contribution is 0.0769. The molecule has 1 heterocycles. The van der Waals surface area contributed by atoms with E-state index >= 15 is 0 Å². The lowest BCUT2D eigenvalue weighted by Crippen LogP contribution is -2.17. The van der Waals surface area contributed by atoms with Crippen LogP contribution in [0.25, 0.3) is 0 Å². The number of benzene rings is 1. The van der Waals surface area contributed by atoms with Gasteiger partial charge in [-0.15, -0.1) is 0 Å². The van der Waals surface area contributed by atoms with Gasteiger partial charge in [-0.2, -0.15) is 0 Å². The van der Waals surface area contributed by atoms with Crippen LogP contribution in [0.3, 0.4) is 0 Å². The van der Waals surface area contributed by atoms with Crippen molar-refractivity contribution in [3.63, 3.8) is 0 Å². The average molecular weight is 180 g/mol. The molecule has 68 valence electrons. The Morgan fingerprint density at radius 3 is 3.08 bits per heavy atom. The zero-order chi connectivity index (χ0) is 9.26. The topological polar surface area (TPSA) is 44.8 Å². The number of cyclic esters (lactones) is 1. The highest BCUT2D eigenvalue weighted by atomic mass is 16.7. The fourth-order valence-electron chi connectivity index (χ4n) is 1.20. The van der Waals surface area contributed by atoms with E-state index in [1.165, 1.54) is 7.11 Å². The summed E-state index contributed by atoms with van der Waals surface area (Å²) in [6.07, 6.45) is -0.683. The van der Waals surface area contributed by atoms with Crippen LogP contribution in [0.1, 0.15) is 5.56 Å². The van der Waals surface area contributed by atoms with E-state index in [0.29, 0.717) is 11.5 Å². The van der Waals surface area contributed by atoms with Crippen molar-refractivity contribution in [1.82, 2.24) is 0 Å². The molecule has 0 saturated carbocycles. The van der Waals surface area contributed by atoms with Crippen LogP contribution in [0, 0.1) is 0 Å². The van der Waals surface area contributed by atoms with Gasteiger partial charge in [-0.1, -0.05) is 12.1 Å². The molecule has 0 amide bonds. The molecule has 0 unspecified atom stereocenters. The number of para-hydroxylation sites is 1. The molecule has 0 saturated heterocycles. The number of ether oxygens (including phenoxy) is 3. The Kier molecular flexibility index (Phi) is 1.81. The van der Waals surface area contributed by atoms with Gasteiger partial charge in [-0.25, -0.2) is 4.79 Å². The molecule has 4 heteroatoms. The van der Waals surface area contributed by atoms with Crippen molar-refractivity contribution in [1.29, 1.82) is 0 Å². The van der Waals surface area contributed by atoms with Crippen molar-refractivity contribution in [3.8, 4) is 11.5 Å². The van der Waals surface area contributed by atoms with Crippen molar-refractivity contribution < 1.29 is 19.0 Å². The molecule has 0 aliphatic carbocycles. The molecule has 13 heavy (non-hydrogen) atoms. The zero-order valence-corrected chi connectivity index (χ0v) is 7.07. The Labute approximate surface area is 75.0 Å². The molecule has 1 aliphatic rings. The van der Waals surface area contributed by atoms with Gasteiger partial charge < -0.3 is 14.2 Å². The largest absolute Gasteiger partial charge is 0.514 e. The first-order valence-corrected chi connectivity index (χ1v) is 3.82. The van der Waals surface area contributed by atoms with E-state index in [-0.39, 0.29) is 6.61 Å². The molecular formula is C9H8O4. The molecule has 4 nitrogen and oxygen atoms in total. The van der Waals surface area contributed by atoms with Crippen molar-refractivity contribution in [2.75, 3.05) is 7.11 Å². The molecule has 0 N–H and O–H groups in total. The number of hydrogen-bond acceptors (Lipinski definition) is 4. The van der Waals surface area contributed by atoms with Gasteiger partial charge in [0.05, 0.1) is 7.11 Å². The van der Waals surface area contributed by atoms with E-state index in [9.17, 15) is 4.79 Å². The van der Waals surface area contributed by atoms with Crippen LogP contribution in [-0.4, -0.2) is 13.3 Å². The third-order valence-electron chi connectivity index (χ3n) is 1.81. The smallest absolute Gasteiger partial charge is 0.493 e. The Bertz CT molecular complexity index is 331. The molecule has 2 rings (SSSR count). The Balaban J connectivity index is 2.46. The first kappa shape index (κ1) is 7.91. The summed E-state index contributed by atoms with van der Waals surface area (Å²) in [5.74, 6) is 1.01. The molecule has 0 radical (unpaired) electrons. The molecule has 0 aromatic heterocycles. The lowest BCUT2D eigenvalue weighted by Gasteiger charge is -2.17. The van der Waals surface area contributed by atoms with Crippen LogP contribution in [0.2, 0.25) is 0 Å². The average Bonchev–Trinajstić information content (AvgIpc) is 2.17. The van der Waals surface area contributed by atoms with Crippen LogP contribution in [-0.2, 0) is 11.3 Å². The fraction of sp³-hybridized carbons (Fsp3) is 0.222. The highest BCUT2D eigenvalue weighted by Gasteiger charge is 2.21. The van der Waals surface area contributed by atoms with E-state index in [2.05, 4.69) is 4.74 Å². The molecule has 1 aliphatic heterocycles. The Hall–Kier alpha value is -1.71. The number of rotatable bonds is 1. The number of hydrogen-bond donors (Lipinski definition) is 0. The van der Waals surface area contributed by atoms with E-state index in [1.807, 2.05) is 12.1 Å². The molecule has 1 aromatic rings. The quantitative estimate of drug-likeness (QED) is 0.487. The molecule has 0 spiro atoms. The van der Waals surface area contributed by atoms with E-state index in [0.717, 1.165) is 5.56 Å². The van der Waals surface area contributed by atoms with Crippen LogP contribution >= 0.6 is 0 Å². The SMILES string of the molecule is COc1cccc2c1OC(=O)OC2.